The number of halogens is 1. The van der Waals surface area contributed by atoms with Crippen LogP contribution >= 0.6 is 11.6 Å². The van der Waals surface area contributed by atoms with Crippen molar-refractivity contribution in [3.63, 3.8) is 0 Å². The van der Waals surface area contributed by atoms with Crippen LogP contribution in [0.15, 0.2) is 71.6 Å². The van der Waals surface area contributed by atoms with Crippen molar-refractivity contribution in [3.05, 3.63) is 87.7 Å². The van der Waals surface area contributed by atoms with Crippen LogP contribution in [-0.2, 0) is 14.3 Å². The van der Waals surface area contributed by atoms with Crippen LogP contribution in [0.4, 0.5) is 0 Å². The minimum absolute atomic E-state index is 0.0496. The van der Waals surface area contributed by atoms with Crippen molar-refractivity contribution in [2.75, 3.05) is 13.2 Å². The highest BCUT2D eigenvalue weighted by Crippen LogP contribution is 2.46. The van der Waals surface area contributed by atoms with Crippen molar-refractivity contribution in [1.82, 2.24) is 5.32 Å². The molecule has 33 heavy (non-hydrogen) atoms. The van der Waals surface area contributed by atoms with Gasteiger partial charge in [-0.15, -0.1) is 0 Å². The Morgan fingerprint density at radius 3 is 2.30 bits per heavy atom. The molecule has 3 atom stereocenters. The third-order valence-electron chi connectivity index (χ3n) is 6.21. The van der Waals surface area contributed by atoms with Gasteiger partial charge in [0, 0.05) is 34.7 Å². The van der Waals surface area contributed by atoms with Crippen LogP contribution in [-0.4, -0.2) is 25.0 Å². The summed E-state index contributed by atoms with van der Waals surface area (Å²) in [5.41, 5.74) is 3.96. The Balaban J connectivity index is 1.78. The second-order valence-corrected chi connectivity index (χ2v) is 8.73. The number of rotatable bonds is 6. The maximum Gasteiger partial charge on any atom is 0.336 e. The average molecular weight is 466 g/mol. The van der Waals surface area contributed by atoms with Gasteiger partial charge >= 0.3 is 5.97 Å². The number of fused-ring (bicyclic) bond motifs is 1. The van der Waals surface area contributed by atoms with Gasteiger partial charge in [0.05, 0.1) is 24.7 Å². The van der Waals surface area contributed by atoms with Crippen molar-refractivity contribution in [2.45, 2.75) is 39.0 Å². The van der Waals surface area contributed by atoms with E-state index < -0.39 is 17.8 Å². The van der Waals surface area contributed by atoms with Crippen LogP contribution in [0.25, 0.3) is 0 Å². The van der Waals surface area contributed by atoms with Crippen molar-refractivity contribution in [2.24, 2.45) is 5.92 Å². The van der Waals surface area contributed by atoms with Crippen LogP contribution in [0.2, 0.25) is 5.02 Å². The summed E-state index contributed by atoms with van der Waals surface area (Å²) in [6, 6.07) is 15.2. The smallest absolute Gasteiger partial charge is 0.336 e. The Labute approximate surface area is 199 Å². The molecular weight excluding hydrogens is 438 g/mol. The number of ketones is 1. The first-order valence-corrected chi connectivity index (χ1v) is 11.7. The number of hydrogen-bond acceptors (Lipinski definition) is 5. The Bertz CT molecular complexity index is 1100. The van der Waals surface area contributed by atoms with Crippen LogP contribution in [0, 0.1) is 5.92 Å². The van der Waals surface area contributed by atoms with E-state index in [4.69, 9.17) is 21.1 Å². The van der Waals surface area contributed by atoms with E-state index in [-0.39, 0.29) is 18.3 Å². The van der Waals surface area contributed by atoms with Gasteiger partial charge in [-0.2, -0.15) is 0 Å². The van der Waals surface area contributed by atoms with Gasteiger partial charge in [-0.05, 0) is 56.2 Å². The van der Waals surface area contributed by atoms with E-state index in [9.17, 15) is 9.59 Å². The number of esters is 1. The monoisotopic (exact) mass is 465 g/mol. The van der Waals surface area contributed by atoms with Gasteiger partial charge < -0.3 is 14.8 Å². The molecule has 0 amide bonds. The molecule has 0 aromatic heterocycles. The van der Waals surface area contributed by atoms with Gasteiger partial charge in [-0.25, -0.2) is 4.79 Å². The molecule has 0 saturated heterocycles. The molecule has 6 heteroatoms. The van der Waals surface area contributed by atoms with Crippen LogP contribution in [0.1, 0.15) is 50.2 Å². The van der Waals surface area contributed by atoms with Crippen molar-refractivity contribution in [3.8, 4) is 5.75 Å². The van der Waals surface area contributed by atoms with Crippen LogP contribution in [0.5, 0.6) is 5.75 Å². The molecule has 0 saturated carbocycles. The molecule has 0 bridgehead atoms. The highest BCUT2D eigenvalue weighted by molar-refractivity contribution is 6.30. The van der Waals surface area contributed by atoms with Crippen LogP contribution in [0.3, 0.4) is 0 Å². The molecule has 2 aromatic carbocycles. The summed E-state index contributed by atoms with van der Waals surface area (Å²) in [5.74, 6) is -0.504. The lowest BCUT2D eigenvalue weighted by atomic mass is 9.68. The average Bonchev–Trinajstić information content (AvgIpc) is 2.79. The predicted octanol–water partition coefficient (Wildman–Crippen LogP) is 5.52. The van der Waals surface area contributed by atoms with Crippen molar-refractivity contribution >= 4 is 23.4 Å². The minimum atomic E-state index is -0.477. The molecule has 1 aliphatic heterocycles. The molecule has 1 heterocycles. The molecule has 3 unspecified atom stereocenters. The zero-order chi connectivity index (χ0) is 23.5. The van der Waals surface area contributed by atoms with Gasteiger partial charge in [-0.1, -0.05) is 41.9 Å². The van der Waals surface area contributed by atoms with Gasteiger partial charge in [0.1, 0.15) is 11.5 Å². The Morgan fingerprint density at radius 1 is 1.00 bits per heavy atom. The largest absolute Gasteiger partial charge is 0.494 e. The van der Waals surface area contributed by atoms with Gasteiger partial charge in [0.2, 0.25) is 0 Å². The number of ether oxygens (including phenoxy) is 2. The van der Waals surface area contributed by atoms with E-state index in [2.05, 4.69) is 11.4 Å². The second-order valence-electron chi connectivity index (χ2n) is 8.29. The number of hydrogen-bond donors (Lipinski definition) is 1. The highest BCUT2D eigenvalue weighted by atomic mass is 35.5. The van der Waals surface area contributed by atoms with Crippen molar-refractivity contribution < 1.29 is 19.1 Å². The fraction of sp³-hybridized carbons (Fsp3) is 0.333. The molecule has 1 aliphatic carbocycles. The van der Waals surface area contributed by atoms with Gasteiger partial charge in [0.15, 0.2) is 0 Å². The topological polar surface area (TPSA) is 64.6 Å². The standard InChI is InChI=1S/C27H28ClNO4/c1-4-32-21-12-8-18(9-13-21)25-24(27(31)33-5-2)16(3)29-22-14-19(15-23(30)26(22)25)17-6-10-20(28)11-7-17/h6-14,19,25-26,29H,4-5,15H2,1-3H3. The number of Topliss-reactive ketones (excluding diaryl/α,β-unsaturated/α-hetero) is 1. The first kappa shape index (κ1) is 23.1. The van der Waals surface area contributed by atoms with Crippen molar-refractivity contribution in [1.29, 1.82) is 0 Å². The number of allylic oxidation sites excluding steroid dienone is 3. The lowest BCUT2D eigenvalue weighted by Crippen LogP contribution is -2.41. The molecule has 0 radical (unpaired) electrons. The van der Waals surface area contributed by atoms with Crippen LogP contribution < -0.4 is 10.1 Å². The SMILES string of the molecule is CCOC(=O)C1=C(C)NC2=CC(c3ccc(Cl)cc3)CC(=O)C2C1c1ccc(OCC)cc1. The van der Waals surface area contributed by atoms with E-state index in [1.165, 1.54) is 0 Å². The van der Waals surface area contributed by atoms with Gasteiger partial charge in [0.25, 0.3) is 0 Å². The fourth-order valence-corrected chi connectivity index (χ4v) is 4.90. The highest BCUT2D eigenvalue weighted by Gasteiger charge is 2.44. The minimum Gasteiger partial charge on any atom is -0.494 e. The van der Waals surface area contributed by atoms with E-state index in [0.717, 1.165) is 22.6 Å². The molecule has 172 valence electrons. The molecule has 2 aromatic rings. The molecule has 1 N–H and O–H groups in total. The summed E-state index contributed by atoms with van der Waals surface area (Å²) < 4.78 is 11.0. The zero-order valence-corrected chi connectivity index (χ0v) is 19.8. The summed E-state index contributed by atoms with van der Waals surface area (Å²) in [7, 11) is 0. The predicted molar refractivity (Wildman–Crippen MR) is 128 cm³/mol. The zero-order valence-electron chi connectivity index (χ0n) is 19.1. The molecule has 5 nitrogen and oxygen atoms in total. The molecule has 0 spiro atoms. The number of carbonyl (C=O) groups is 2. The number of carbonyl (C=O) groups excluding carboxylic acids is 2. The first-order chi connectivity index (χ1) is 15.9. The van der Waals surface area contributed by atoms with E-state index in [1.54, 1.807) is 6.92 Å². The first-order valence-electron chi connectivity index (χ1n) is 11.3. The Morgan fingerprint density at radius 2 is 1.67 bits per heavy atom. The van der Waals surface area contributed by atoms with E-state index in [1.807, 2.05) is 62.4 Å². The third-order valence-corrected chi connectivity index (χ3v) is 6.46. The van der Waals surface area contributed by atoms with E-state index >= 15 is 0 Å². The van der Waals surface area contributed by atoms with E-state index in [0.29, 0.717) is 29.3 Å². The Kier molecular flexibility index (Phi) is 6.89. The maximum absolute atomic E-state index is 13.6. The molecular formula is C27H28ClNO4. The molecule has 4 rings (SSSR count). The summed E-state index contributed by atoms with van der Waals surface area (Å²) >= 11 is 6.04. The third kappa shape index (κ3) is 4.69. The molecule has 2 aliphatic rings. The number of benzene rings is 2. The number of nitrogens with one attached hydrogen (secondary N) is 1. The Hall–Kier alpha value is -3.05. The summed E-state index contributed by atoms with van der Waals surface area (Å²) in [4.78, 5) is 26.5. The second kappa shape index (κ2) is 9.84. The fourth-order valence-electron chi connectivity index (χ4n) is 4.78. The summed E-state index contributed by atoms with van der Waals surface area (Å²) in [5, 5.41) is 4.01. The molecule has 0 fully saturated rings. The summed E-state index contributed by atoms with van der Waals surface area (Å²) in [6.45, 7) is 6.41. The quantitative estimate of drug-likeness (QED) is 0.569. The normalized spacial score (nSPS) is 22.2. The van der Waals surface area contributed by atoms with Gasteiger partial charge in [-0.3, -0.25) is 4.79 Å². The lowest BCUT2D eigenvalue weighted by molar-refractivity contribution is -0.139. The lowest BCUT2D eigenvalue weighted by Gasteiger charge is -2.39. The summed E-state index contributed by atoms with van der Waals surface area (Å²) in [6.07, 6.45) is 2.47. The maximum atomic E-state index is 13.6.